The SMILES string of the molecule is CN(C)CC1CC2(CCN(C(=O)c3ccc(C4CCNCC4)cc3)CC2)C(=O)O1. The molecular formula is C23H33N3O3. The van der Waals surface area contributed by atoms with Crippen molar-refractivity contribution in [1.29, 1.82) is 0 Å². The molecule has 0 aromatic heterocycles. The van der Waals surface area contributed by atoms with Crippen molar-refractivity contribution in [2.75, 3.05) is 46.8 Å². The lowest BCUT2D eigenvalue weighted by Crippen LogP contribution is -2.45. The number of piperidine rings is 2. The molecule has 0 bridgehead atoms. The molecule has 3 heterocycles. The molecular weight excluding hydrogens is 366 g/mol. The number of carbonyl (C=O) groups excluding carboxylic acids is 2. The molecule has 6 nitrogen and oxygen atoms in total. The van der Waals surface area contributed by atoms with Gasteiger partial charge in [-0.15, -0.1) is 0 Å². The quantitative estimate of drug-likeness (QED) is 0.787. The van der Waals surface area contributed by atoms with Crippen LogP contribution in [0, 0.1) is 5.41 Å². The average molecular weight is 400 g/mol. The van der Waals surface area contributed by atoms with Crippen molar-refractivity contribution in [3.63, 3.8) is 0 Å². The molecule has 6 heteroatoms. The molecule has 29 heavy (non-hydrogen) atoms. The Balaban J connectivity index is 1.35. The van der Waals surface area contributed by atoms with Gasteiger partial charge in [-0.1, -0.05) is 12.1 Å². The largest absolute Gasteiger partial charge is 0.461 e. The van der Waals surface area contributed by atoms with Gasteiger partial charge >= 0.3 is 5.97 Å². The summed E-state index contributed by atoms with van der Waals surface area (Å²) in [6, 6.07) is 8.19. The van der Waals surface area contributed by atoms with Crippen molar-refractivity contribution >= 4 is 11.9 Å². The topological polar surface area (TPSA) is 61.9 Å². The second kappa shape index (κ2) is 8.44. The fourth-order valence-corrected chi connectivity index (χ4v) is 5.13. The van der Waals surface area contributed by atoms with Crippen LogP contribution in [-0.4, -0.2) is 74.6 Å². The number of esters is 1. The van der Waals surface area contributed by atoms with E-state index >= 15 is 0 Å². The van der Waals surface area contributed by atoms with Gasteiger partial charge in [0.15, 0.2) is 0 Å². The van der Waals surface area contributed by atoms with Crippen LogP contribution < -0.4 is 5.32 Å². The van der Waals surface area contributed by atoms with E-state index in [-0.39, 0.29) is 18.0 Å². The molecule has 0 radical (unpaired) electrons. The normalized spacial score (nSPS) is 24.9. The Morgan fingerprint density at radius 2 is 1.83 bits per heavy atom. The predicted octanol–water partition coefficient (Wildman–Crippen LogP) is 2.25. The fourth-order valence-electron chi connectivity index (χ4n) is 5.13. The Bertz CT molecular complexity index is 732. The Morgan fingerprint density at radius 1 is 1.17 bits per heavy atom. The molecule has 1 aromatic carbocycles. The number of cyclic esters (lactones) is 1. The van der Waals surface area contributed by atoms with Gasteiger partial charge < -0.3 is 19.9 Å². The average Bonchev–Trinajstić information content (AvgIpc) is 3.02. The summed E-state index contributed by atoms with van der Waals surface area (Å²) in [7, 11) is 3.99. The highest BCUT2D eigenvalue weighted by atomic mass is 16.6. The van der Waals surface area contributed by atoms with Crippen LogP contribution in [0.2, 0.25) is 0 Å². The number of nitrogens with zero attached hydrogens (tertiary/aromatic N) is 2. The van der Waals surface area contributed by atoms with Gasteiger partial charge in [-0.05, 0) is 76.5 Å². The number of hydrogen-bond acceptors (Lipinski definition) is 5. The molecule has 3 saturated heterocycles. The van der Waals surface area contributed by atoms with E-state index in [1.54, 1.807) is 0 Å². The number of amides is 1. The highest BCUT2D eigenvalue weighted by Crippen LogP contribution is 2.43. The van der Waals surface area contributed by atoms with E-state index in [0.717, 1.165) is 44.5 Å². The summed E-state index contributed by atoms with van der Waals surface area (Å²) in [4.78, 5) is 29.5. The zero-order valence-electron chi connectivity index (χ0n) is 17.7. The van der Waals surface area contributed by atoms with Gasteiger partial charge in [0, 0.05) is 31.6 Å². The van der Waals surface area contributed by atoms with E-state index in [1.807, 2.05) is 31.1 Å². The lowest BCUT2D eigenvalue weighted by atomic mass is 9.76. The van der Waals surface area contributed by atoms with Crippen molar-refractivity contribution < 1.29 is 14.3 Å². The van der Waals surface area contributed by atoms with Crippen LogP contribution in [0.25, 0.3) is 0 Å². The number of likely N-dealkylation sites (tertiary alicyclic amines) is 1. The minimum atomic E-state index is -0.393. The van der Waals surface area contributed by atoms with Crippen LogP contribution in [0.3, 0.4) is 0 Å². The van der Waals surface area contributed by atoms with Gasteiger partial charge in [0.2, 0.25) is 0 Å². The predicted molar refractivity (Wildman–Crippen MR) is 112 cm³/mol. The monoisotopic (exact) mass is 399 g/mol. The van der Waals surface area contributed by atoms with Crippen LogP contribution in [0.1, 0.15) is 53.9 Å². The minimum Gasteiger partial charge on any atom is -0.461 e. The van der Waals surface area contributed by atoms with Crippen molar-refractivity contribution in [1.82, 2.24) is 15.1 Å². The van der Waals surface area contributed by atoms with Crippen LogP contribution in [0.15, 0.2) is 24.3 Å². The van der Waals surface area contributed by atoms with Crippen LogP contribution >= 0.6 is 0 Å². The number of rotatable bonds is 4. The zero-order valence-corrected chi connectivity index (χ0v) is 17.7. The van der Waals surface area contributed by atoms with E-state index in [9.17, 15) is 9.59 Å². The molecule has 1 atom stereocenters. The summed E-state index contributed by atoms with van der Waals surface area (Å²) in [5.41, 5.74) is 1.69. The summed E-state index contributed by atoms with van der Waals surface area (Å²) in [5.74, 6) is 0.606. The van der Waals surface area contributed by atoms with E-state index in [1.165, 1.54) is 5.56 Å². The molecule has 1 unspecified atom stereocenters. The first kappa shape index (κ1) is 20.4. The Kier molecular flexibility index (Phi) is 5.93. The van der Waals surface area contributed by atoms with Crippen LogP contribution in [-0.2, 0) is 9.53 Å². The van der Waals surface area contributed by atoms with Crippen LogP contribution in [0.5, 0.6) is 0 Å². The summed E-state index contributed by atoms with van der Waals surface area (Å²) in [6.45, 7) is 4.15. The van der Waals surface area contributed by atoms with Gasteiger partial charge in [0.05, 0.1) is 5.41 Å². The van der Waals surface area contributed by atoms with Gasteiger partial charge in [0.1, 0.15) is 6.10 Å². The van der Waals surface area contributed by atoms with Crippen molar-refractivity contribution in [3.8, 4) is 0 Å². The molecule has 0 saturated carbocycles. The van der Waals surface area contributed by atoms with Gasteiger partial charge in [0.25, 0.3) is 5.91 Å². The lowest BCUT2D eigenvalue weighted by molar-refractivity contribution is -0.150. The highest BCUT2D eigenvalue weighted by molar-refractivity contribution is 5.94. The van der Waals surface area contributed by atoms with Crippen molar-refractivity contribution in [3.05, 3.63) is 35.4 Å². The molecule has 4 rings (SSSR count). The van der Waals surface area contributed by atoms with E-state index < -0.39 is 5.41 Å². The number of ether oxygens (including phenoxy) is 1. The van der Waals surface area contributed by atoms with Crippen molar-refractivity contribution in [2.24, 2.45) is 5.41 Å². The first-order valence-corrected chi connectivity index (χ1v) is 10.9. The van der Waals surface area contributed by atoms with Gasteiger partial charge in [-0.25, -0.2) is 0 Å². The Labute approximate surface area is 173 Å². The second-order valence-electron chi connectivity index (χ2n) is 9.21. The standard InChI is InChI=1S/C23H33N3O3/c1-25(2)16-20-15-23(22(28)29-20)9-13-26(14-10-23)21(27)19-5-3-17(4-6-19)18-7-11-24-12-8-18/h3-6,18,20,24H,7-16H2,1-2H3. The summed E-state index contributed by atoms with van der Waals surface area (Å²) < 4.78 is 5.63. The maximum absolute atomic E-state index is 13.0. The number of carbonyl (C=O) groups is 2. The van der Waals surface area contributed by atoms with Gasteiger partial charge in [-0.3, -0.25) is 9.59 Å². The first-order valence-electron chi connectivity index (χ1n) is 10.9. The molecule has 3 aliphatic heterocycles. The van der Waals surface area contributed by atoms with Crippen molar-refractivity contribution in [2.45, 2.75) is 44.1 Å². The van der Waals surface area contributed by atoms with E-state index in [2.05, 4.69) is 22.3 Å². The third kappa shape index (κ3) is 4.33. The third-order valence-electron chi connectivity index (χ3n) is 6.87. The number of hydrogen-bond donors (Lipinski definition) is 1. The molecule has 0 aliphatic carbocycles. The molecule has 1 aromatic rings. The smallest absolute Gasteiger partial charge is 0.312 e. The molecule has 3 aliphatic rings. The second-order valence-corrected chi connectivity index (χ2v) is 9.21. The molecule has 3 fully saturated rings. The van der Waals surface area contributed by atoms with E-state index in [0.29, 0.717) is 31.8 Å². The highest BCUT2D eigenvalue weighted by Gasteiger charge is 2.50. The van der Waals surface area contributed by atoms with E-state index in [4.69, 9.17) is 4.74 Å². The van der Waals surface area contributed by atoms with Crippen LogP contribution in [0.4, 0.5) is 0 Å². The third-order valence-corrected chi connectivity index (χ3v) is 6.87. The summed E-state index contributed by atoms with van der Waals surface area (Å²) in [6.07, 6.45) is 4.47. The maximum Gasteiger partial charge on any atom is 0.312 e. The number of benzene rings is 1. The molecule has 1 amide bonds. The summed E-state index contributed by atoms with van der Waals surface area (Å²) >= 11 is 0. The fraction of sp³-hybridized carbons (Fsp3) is 0.652. The summed E-state index contributed by atoms with van der Waals surface area (Å²) in [5, 5.41) is 3.40. The molecule has 1 N–H and O–H groups in total. The lowest BCUT2D eigenvalue weighted by Gasteiger charge is -2.36. The number of likely N-dealkylation sites (N-methyl/N-ethyl adjacent to an activating group) is 1. The Hall–Kier alpha value is -1.92. The molecule has 158 valence electrons. The number of nitrogens with one attached hydrogen (secondary N) is 1. The maximum atomic E-state index is 13.0. The van der Waals surface area contributed by atoms with Gasteiger partial charge in [-0.2, -0.15) is 0 Å². The first-order chi connectivity index (χ1) is 14.0. The zero-order chi connectivity index (χ0) is 20.4. The Morgan fingerprint density at radius 3 is 2.45 bits per heavy atom. The minimum absolute atomic E-state index is 0.0257. The molecule has 1 spiro atoms.